The molecule has 5 heteroatoms. The number of hydrogen-bond acceptors (Lipinski definition) is 4. The van der Waals surface area contributed by atoms with Crippen LogP contribution in [0.25, 0.3) is 11.3 Å². The molecule has 0 unspecified atom stereocenters. The van der Waals surface area contributed by atoms with Crippen molar-refractivity contribution >= 4 is 0 Å². The Labute approximate surface area is 159 Å². The fraction of sp³-hybridized carbons (Fsp3) is 0.318. The molecule has 0 bridgehead atoms. The molecule has 1 aromatic carbocycles. The summed E-state index contributed by atoms with van der Waals surface area (Å²) in [6.45, 7) is 4.82. The molecule has 1 saturated heterocycles. The van der Waals surface area contributed by atoms with E-state index in [-0.39, 0.29) is 5.56 Å². The van der Waals surface area contributed by atoms with Crippen LogP contribution in [0, 0.1) is 6.92 Å². The molecular formula is C22H24N4O. The number of likely N-dealkylation sites (tertiary alicyclic amines) is 1. The van der Waals surface area contributed by atoms with E-state index in [1.165, 1.54) is 5.56 Å². The third-order valence-electron chi connectivity index (χ3n) is 5.18. The Kier molecular flexibility index (Phi) is 5.12. The number of H-pyrrole nitrogens is 1. The van der Waals surface area contributed by atoms with E-state index in [1.54, 1.807) is 6.07 Å². The number of nitrogens with zero attached hydrogens (tertiary/aromatic N) is 3. The number of pyridine rings is 1. The number of aromatic nitrogens is 3. The van der Waals surface area contributed by atoms with Gasteiger partial charge in [0.05, 0.1) is 11.4 Å². The monoisotopic (exact) mass is 360 g/mol. The number of benzene rings is 1. The Bertz CT molecular complexity index is 959. The summed E-state index contributed by atoms with van der Waals surface area (Å²) in [6, 6.07) is 16.3. The van der Waals surface area contributed by atoms with Gasteiger partial charge in [0.25, 0.3) is 5.56 Å². The van der Waals surface area contributed by atoms with Gasteiger partial charge in [0.1, 0.15) is 5.82 Å². The molecule has 4 rings (SSSR count). The summed E-state index contributed by atoms with van der Waals surface area (Å²) in [4.78, 5) is 25.9. The van der Waals surface area contributed by atoms with Crippen LogP contribution in [0.2, 0.25) is 0 Å². The molecule has 5 nitrogen and oxygen atoms in total. The molecular weight excluding hydrogens is 336 g/mol. The summed E-state index contributed by atoms with van der Waals surface area (Å²) in [5.41, 5.74) is 4.36. The van der Waals surface area contributed by atoms with E-state index in [2.05, 4.69) is 44.1 Å². The van der Waals surface area contributed by atoms with E-state index in [1.807, 2.05) is 31.3 Å². The smallest absolute Gasteiger partial charge is 0.251 e. The van der Waals surface area contributed by atoms with Gasteiger partial charge in [0, 0.05) is 30.3 Å². The lowest BCUT2D eigenvalue weighted by Crippen LogP contribution is -2.33. The van der Waals surface area contributed by atoms with Crippen LogP contribution in [0.4, 0.5) is 0 Å². The number of nitrogens with one attached hydrogen (secondary N) is 1. The Morgan fingerprint density at radius 3 is 2.70 bits per heavy atom. The van der Waals surface area contributed by atoms with Crippen molar-refractivity contribution in [2.24, 2.45) is 0 Å². The van der Waals surface area contributed by atoms with Gasteiger partial charge in [-0.05, 0) is 56.6 Å². The van der Waals surface area contributed by atoms with Gasteiger partial charge in [-0.3, -0.25) is 14.7 Å². The van der Waals surface area contributed by atoms with Crippen LogP contribution in [-0.2, 0) is 6.54 Å². The lowest BCUT2D eigenvalue weighted by molar-refractivity contribution is 0.203. The van der Waals surface area contributed by atoms with Gasteiger partial charge in [0.2, 0.25) is 0 Å². The second kappa shape index (κ2) is 7.84. The highest BCUT2D eigenvalue weighted by Gasteiger charge is 2.22. The summed E-state index contributed by atoms with van der Waals surface area (Å²) >= 11 is 0. The third-order valence-corrected chi connectivity index (χ3v) is 5.18. The summed E-state index contributed by atoms with van der Waals surface area (Å²) in [5, 5.41) is 0. The molecule has 0 radical (unpaired) electrons. The average molecular weight is 360 g/mol. The van der Waals surface area contributed by atoms with Crippen molar-refractivity contribution in [2.75, 3.05) is 13.1 Å². The maximum Gasteiger partial charge on any atom is 0.251 e. The second-order valence-corrected chi connectivity index (χ2v) is 7.22. The van der Waals surface area contributed by atoms with E-state index in [0.717, 1.165) is 49.4 Å². The van der Waals surface area contributed by atoms with Crippen LogP contribution in [0.3, 0.4) is 0 Å². The van der Waals surface area contributed by atoms with Crippen LogP contribution in [0.1, 0.15) is 35.8 Å². The summed E-state index contributed by atoms with van der Waals surface area (Å²) < 4.78 is 0. The van der Waals surface area contributed by atoms with E-state index >= 15 is 0 Å². The summed E-state index contributed by atoms with van der Waals surface area (Å²) in [6.07, 6.45) is 3.91. The Hall–Kier alpha value is -2.79. The fourth-order valence-electron chi connectivity index (χ4n) is 3.82. The lowest BCUT2D eigenvalue weighted by Gasteiger charge is -2.31. The van der Waals surface area contributed by atoms with Crippen molar-refractivity contribution in [1.29, 1.82) is 0 Å². The van der Waals surface area contributed by atoms with Gasteiger partial charge in [-0.15, -0.1) is 0 Å². The van der Waals surface area contributed by atoms with E-state index in [0.29, 0.717) is 11.7 Å². The van der Waals surface area contributed by atoms with Crippen molar-refractivity contribution in [1.82, 2.24) is 19.9 Å². The molecule has 1 aliphatic rings. The molecule has 3 heterocycles. The molecule has 138 valence electrons. The van der Waals surface area contributed by atoms with Gasteiger partial charge in [-0.2, -0.15) is 0 Å². The number of hydrogen-bond donors (Lipinski definition) is 1. The van der Waals surface area contributed by atoms with E-state index in [9.17, 15) is 4.79 Å². The third kappa shape index (κ3) is 4.31. The maximum absolute atomic E-state index is 11.7. The predicted molar refractivity (Wildman–Crippen MR) is 107 cm³/mol. The molecule has 0 saturated carbocycles. The van der Waals surface area contributed by atoms with Crippen LogP contribution in [0.5, 0.6) is 0 Å². The summed E-state index contributed by atoms with van der Waals surface area (Å²) in [5.74, 6) is 1.08. The highest BCUT2D eigenvalue weighted by Crippen LogP contribution is 2.27. The average Bonchev–Trinajstić information content (AvgIpc) is 2.69. The minimum absolute atomic E-state index is 0.0498. The predicted octanol–water partition coefficient (Wildman–Crippen LogP) is 3.52. The number of aryl methyl sites for hydroxylation is 1. The molecule has 1 aliphatic heterocycles. The van der Waals surface area contributed by atoms with Gasteiger partial charge in [-0.1, -0.05) is 24.3 Å². The van der Waals surface area contributed by atoms with Crippen molar-refractivity contribution in [3.63, 3.8) is 0 Å². The summed E-state index contributed by atoms with van der Waals surface area (Å²) in [7, 11) is 0. The van der Waals surface area contributed by atoms with E-state index in [4.69, 9.17) is 0 Å². The molecule has 2 aromatic heterocycles. The first-order chi connectivity index (χ1) is 13.2. The highest BCUT2D eigenvalue weighted by atomic mass is 16.1. The zero-order valence-corrected chi connectivity index (χ0v) is 15.6. The minimum Gasteiger partial charge on any atom is -0.311 e. The Morgan fingerprint density at radius 2 is 1.96 bits per heavy atom. The number of piperidine rings is 1. The van der Waals surface area contributed by atoms with Crippen LogP contribution in [-0.4, -0.2) is 32.9 Å². The Morgan fingerprint density at radius 1 is 1.11 bits per heavy atom. The van der Waals surface area contributed by atoms with Gasteiger partial charge in [-0.25, -0.2) is 4.98 Å². The molecule has 0 amide bonds. The first-order valence-corrected chi connectivity index (χ1v) is 9.48. The zero-order valence-electron chi connectivity index (χ0n) is 15.6. The largest absolute Gasteiger partial charge is 0.311 e. The van der Waals surface area contributed by atoms with Crippen LogP contribution >= 0.6 is 0 Å². The standard InChI is InChI=1S/C22H24N4O/c1-16-24-21(14-22(27)25-16)18-8-11-26(12-9-18)15-17-5-4-6-19(13-17)20-7-2-3-10-23-20/h2-7,10,13-14,18H,8-9,11-12,15H2,1H3,(H,24,25,27). The molecule has 0 aliphatic carbocycles. The molecule has 0 atom stereocenters. The van der Waals surface area contributed by atoms with E-state index < -0.39 is 0 Å². The van der Waals surface area contributed by atoms with Crippen molar-refractivity contribution in [2.45, 2.75) is 32.2 Å². The van der Waals surface area contributed by atoms with Gasteiger partial charge >= 0.3 is 0 Å². The van der Waals surface area contributed by atoms with Crippen LogP contribution in [0.15, 0.2) is 59.5 Å². The molecule has 27 heavy (non-hydrogen) atoms. The van der Waals surface area contributed by atoms with Crippen molar-refractivity contribution in [3.8, 4) is 11.3 Å². The number of rotatable bonds is 4. The quantitative estimate of drug-likeness (QED) is 0.773. The highest BCUT2D eigenvalue weighted by molar-refractivity contribution is 5.59. The topological polar surface area (TPSA) is 61.9 Å². The second-order valence-electron chi connectivity index (χ2n) is 7.22. The first kappa shape index (κ1) is 17.6. The SMILES string of the molecule is Cc1nc(C2CCN(Cc3cccc(-c4ccccn4)c3)CC2)cc(=O)[nH]1. The minimum atomic E-state index is -0.0498. The maximum atomic E-state index is 11.7. The number of aromatic amines is 1. The Balaban J connectivity index is 1.40. The normalized spacial score (nSPS) is 15.7. The van der Waals surface area contributed by atoms with Crippen molar-refractivity contribution in [3.05, 3.63) is 82.2 Å². The molecule has 1 fully saturated rings. The lowest BCUT2D eigenvalue weighted by atomic mass is 9.93. The van der Waals surface area contributed by atoms with Crippen molar-refractivity contribution < 1.29 is 0 Å². The first-order valence-electron chi connectivity index (χ1n) is 9.48. The fourth-order valence-corrected chi connectivity index (χ4v) is 3.82. The molecule has 3 aromatic rings. The van der Waals surface area contributed by atoms with Gasteiger partial charge in [0.15, 0.2) is 0 Å². The van der Waals surface area contributed by atoms with Gasteiger partial charge < -0.3 is 4.98 Å². The molecule has 0 spiro atoms. The molecule has 1 N–H and O–H groups in total. The van der Waals surface area contributed by atoms with Crippen LogP contribution < -0.4 is 5.56 Å². The zero-order chi connectivity index (χ0) is 18.6.